The number of nitrogens with one attached hydrogen (secondary N) is 1. The maximum atomic E-state index is 12.4. The van der Waals surface area contributed by atoms with E-state index in [-0.39, 0.29) is 24.0 Å². The molecule has 3 N–H and O–H groups in total. The van der Waals surface area contributed by atoms with Gasteiger partial charge < -0.3 is 11.1 Å². The molecule has 1 heterocycles. The maximum absolute atomic E-state index is 12.4. The molecule has 0 bridgehead atoms. The summed E-state index contributed by atoms with van der Waals surface area (Å²) in [5.74, 6) is 2.33. The molecule has 1 atom stereocenters. The van der Waals surface area contributed by atoms with E-state index >= 15 is 0 Å². The van der Waals surface area contributed by atoms with Crippen molar-refractivity contribution in [3.8, 4) is 5.97 Å². The minimum Gasteiger partial charge on any atom is -0.398 e. The number of rotatable bonds is 2. The molecule has 3 rings (SSSR count). The largest absolute Gasteiger partial charge is 0.398 e. The Labute approximate surface area is 133 Å². The molecule has 108 valence electrons. The van der Waals surface area contributed by atoms with E-state index in [9.17, 15) is 10.1 Å². The Morgan fingerprint density at radius 2 is 2.29 bits per heavy atom. The lowest BCUT2D eigenvalue weighted by molar-refractivity contribution is 0.0932. The lowest BCUT2D eigenvalue weighted by Gasteiger charge is -2.31. The van der Waals surface area contributed by atoms with Crippen LogP contribution in [-0.2, 0) is 0 Å². The molecule has 1 aliphatic carbocycles. The van der Waals surface area contributed by atoms with Crippen LogP contribution in [0.1, 0.15) is 36.0 Å². The molecule has 1 aliphatic heterocycles. The van der Waals surface area contributed by atoms with Gasteiger partial charge in [-0.3, -0.25) is 4.79 Å². The first-order valence-electron chi connectivity index (χ1n) is 7.29. The first-order chi connectivity index (χ1) is 10.0. The topological polar surface area (TPSA) is 78.9 Å². The van der Waals surface area contributed by atoms with Crippen molar-refractivity contribution in [1.29, 1.82) is 5.26 Å². The first kappa shape index (κ1) is 14.5. The highest BCUT2D eigenvalue weighted by Gasteiger charge is 2.55. The predicted molar refractivity (Wildman–Crippen MR) is 87.1 cm³/mol. The Morgan fingerprint density at radius 3 is 2.90 bits per heavy atom. The minimum atomic E-state index is -0.115. The molecule has 2 fully saturated rings. The van der Waals surface area contributed by atoms with Crippen molar-refractivity contribution < 1.29 is 4.79 Å². The fourth-order valence-electron chi connectivity index (χ4n) is 3.45. The zero-order valence-corrected chi connectivity index (χ0v) is 13.3. The van der Waals surface area contributed by atoms with Gasteiger partial charge in [-0.05, 0) is 36.4 Å². The highest BCUT2D eigenvalue weighted by molar-refractivity contribution is 9.10. The molecule has 1 saturated carbocycles. The third-order valence-electron chi connectivity index (χ3n) is 4.84. The SMILES string of the molecule is N#CB1CCC(NC(=O)c2ccc(Br)cc2N)CC12CC2. The summed E-state index contributed by atoms with van der Waals surface area (Å²) in [5.41, 5.74) is 6.90. The van der Waals surface area contributed by atoms with Crippen LogP contribution in [0.4, 0.5) is 5.69 Å². The van der Waals surface area contributed by atoms with Crippen molar-refractivity contribution in [1.82, 2.24) is 5.32 Å². The summed E-state index contributed by atoms with van der Waals surface area (Å²) in [5, 5.41) is 12.5. The van der Waals surface area contributed by atoms with Crippen LogP contribution in [0.2, 0.25) is 11.6 Å². The number of hydrogen-bond acceptors (Lipinski definition) is 3. The van der Waals surface area contributed by atoms with E-state index in [2.05, 4.69) is 27.2 Å². The van der Waals surface area contributed by atoms with Gasteiger partial charge in [0.25, 0.3) is 12.6 Å². The van der Waals surface area contributed by atoms with E-state index in [0.29, 0.717) is 11.3 Å². The summed E-state index contributed by atoms with van der Waals surface area (Å²) in [6.45, 7) is 0.170. The highest BCUT2D eigenvalue weighted by atomic mass is 79.9. The molecule has 0 aromatic heterocycles. The van der Waals surface area contributed by atoms with Crippen LogP contribution in [0.5, 0.6) is 0 Å². The summed E-state index contributed by atoms with van der Waals surface area (Å²) in [7, 11) is 0. The monoisotopic (exact) mass is 345 g/mol. The van der Waals surface area contributed by atoms with Crippen molar-refractivity contribution in [3.63, 3.8) is 0 Å². The molecule has 1 amide bonds. The van der Waals surface area contributed by atoms with Gasteiger partial charge >= 0.3 is 0 Å². The lowest BCUT2D eigenvalue weighted by Crippen LogP contribution is -2.42. The van der Waals surface area contributed by atoms with Gasteiger partial charge in [0.1, 0.15) is 0 Å². The summed E-state index contributed by atoms with van der Waals surface area (Å²) in [6.07, 6.45) is 4.93. The maximum Gasteiger partial charge on any atom is 0.274 e. The quantitative estimate of drug-likeness (QED) is 0.638. The lowest BCUT2D eigenvalue weighted by atomic mass is 9.34. The van der Waals surface area contributed by atoms with Crippen molar-refractivity contribution in [2.45, 2.75) is 43.4 Å². The fraction of sp³-hybridized carbons (Fsp3) is 0.467. The van der Waals surface area contributed by atoms with Gasteiger partial charge in [-0.15, -0.1) is 0 Å². The van der Waals surface area contributed by atoms with Crippen molar-refractivity contribution in [3.05, 3.63) is 28.2 Å². The average molecular weight is 346 g/mol. The van der Waals surface area contributed by atoms with E-state index in [4.69, 9.17) is 5.73 Å². The number of carbonyl (C=O) groups is 1. The van der Waals surface area contributed by atoms with E-state index in [1.807, 2.05) is 6.07 Å². The van der Waals surface area contributed by atoms with Crippen molar-refractivity contribution in [2.24, 2.45) is 0 Å². The third-order valence-corrected chi connectivity index (χ3v) is 5.33. The van der Waals surface area contributed by atoms with Gasteiger partial charge in [0.2, 0.25) is 0 Å². The molecule has 2 aliphatic rings. The second-order valence-corrected chi connectivity index (χ2v) is 7.14. The number of hydrogen-bond donors (Lipinski definition) is 2. The van der Waals surface area contributed by atoms with E-state index in [0.717, 1.165) is 36.5 Å². The van der Waals surface area contributed by atoms with E-state index in [1.165, 1.54) is 0 Å². The molecule has 1 saturated heterocycles. The number of halogens is 1. The molecule has 1 aromatic rings. The smallest absolute Gasteiger partial charge is 0.274 e. The molecule has 1 unspecified atom stereocenters. The van der Waals surface area contributed by atoms with E-state index in [1.54, 1.807) is 12.1 Å². The molecule has 4 nitrogen and oxygen atoms in total. The van der Waals surface area contributed by atoms with Crippen LogP contribution in [0.15, 0.2) is 22.7 Å². The Hall–Kier alpha value is -1.48. The summed E-state index contributed by atoms with van der Waals surface area (Å²) in [4.78, 5) is 12.4. The summed E-state index contributed by atoms with van der Waals surface area (Å²) >= 11 is 3.34. The first-order valence-corrected chi connectivity index (χ1v) is 8.09. The average Bonchev–Trinajstić information content (AvgIpc) is 3.18. The number of nitrogen functional groups attached to an aromatic ring is 1. The van der Waals surface area contributed by atoms with Crippen LogP contribution in [0.25, 0.3) is 0 Å². The zero-order chi connectivity index (χ0) is 15.0. The summed E-state index contributed by atoms with van der Waals surface area (Å²) in [6, 6.07) is 5.46. The second kappa shape index (κ2) is 5.38. The Morgan fingerprint density at radius 1 is 1.52 bits per heavy atom. The Balaban J connectivity index is 1.67. The van der Waals surface area contributed by atoms with Crippen LogP contribution < -0.4 is 11.1 Å². The molecule has 21 heavy (non-hydrogen) atoms. The number of anilines is 1. The molecule has 6 heteroatoms. The van der Waals surface area contributed by atoms with Gasteiger partial charge in [0, 0.05) is 22.2 Å². The van der Waals surface area contributed by atoms with Crippen LogP contribution in [0.3, 0.4) is 0 Å². The minimum absolute atomic E-state index is 0.115. The zero-order valence-electron chi connectivity index (χ0n) is 11.7. The highest BCUT2D eigenvalue weighted by Crippen LogP contribution is 2.62. The van der Waals surface area contributed by atoms with Crippen LogP contribution >= 0.6 is 15.9 Å². The second-order valence-electron chi connectivity index (χ2n) is 6.23. The normalized spacial score (nSPS) is 22.7. The standard InChI is InChI=1S/C15H17BBrN3O/c17-10-1-2-12(13(19)7-10)14(21)20-11-3-6-16(9-18)15(8-11)4-5-15/h1-2,7,11H,3-6,8,19H2,(H,20,21). The fourth-order valence-corrected chi connectivity index (χ4v) is 3.83. The summed E-state index contributed by atoms with van der Waals surface area (Å²) < 4.78 is 0.864. The van der Waals surface area contributed by atoms with Gasteiger partial charge in [-0.2, -0.15) is 0 Å². The molecule has 1 aromatic carbocycles. The van der Waals surface area contributed by atoms with Crippen LogP contribution in [0, 0.1) is 11.2 Å². The number of carbonyl (C=O) groups excluding carboxylic acids is 1. The number of benzene rings is 1. The van der Waals surface area contributed by atoms with Crippen LogP contribution in [-0.4, -0.2) is 18.7 Å². The van der Waals surface area contributed by atoms with Gasteiger partial charge in [0.15, 0.2) is 0 Å². The van der Waals surface area contributed by atoms with E-state index < -0.39 is 0 Å². The number of nitriles is 1. The molecule has 0 radical (unpaired) electrons. The Bertz CT molecular complexity index is 624. The van der Waals surface area contributed by atoms with Gasteiger partial charge in [-0.25, -0.2) is 5.26 Å². The number of nitrogens with two attached hydrogens (primary N) is 1. The number of nitrogens with zero attached hydrogens (tertiary/aromatic N) is 1. The van der Waals surface area contributed by atoms with Crippen molar-refractivity contribution in [2.75, 3.05) is 5.73 Å². The predicted octanol–water partition coefficient (Wildman–Crippen LogP) is 3.02. The van der Waals surface area contributed by atoms with Crippen molar-refractivity contribution >= 4 is 34.2 Å². The third kappa shape index (κ3) is 2.80. The van der Waals surface area contributed by atoms with Gasteiger partial charge in [0.05, 0.1) is 5.56 Å². The van der Waals surface area contributed by atoms with Gasteiger partial charge in [-0.1, -0.05) is 35.1 Å². The molecular weight excluding hydrogens is 329 g/mol. The molecule has 1 spiro atoms. The Kier molecular flexibility index (Phi) is 3.70. The number of amides is 1. The molecular formula is C15H17BBrN3O.